The quantitative estimate of drug-likeness (QED) is 0.680. The Kier molecular flexibility index (Phi) is 5.71. The number of benzene rings is 1. The van der Waals surface area contributed by atoms with Gasteiger partial charge in [0.2, 0.25) is 0 Å². The fraction of sp³-hybridized carbons (Fsp3) is 0.647. The highest BCUT2D eigenvalue weighted by molar-refractivity contribution is 5.52. The summed E-state index contributed by atoms with van der Waals surface area (Å²) in [5, 5.41) is 3.59. The summed E-state index contributed by atoms with van der Waals surface area (Å²) in [6.07, 6.45) is 6.76. The summed E-state index contributed by atoms with van der Waals surface area (Å²) in [4.78, 5) is 2.50. The molecule has 1 aromatic rings. The number of nitrogens with one attached hydrogen (secondary N) is 1. The highest BCUT2D eigenvalue weighted by atomic mass is 15.1. The van der Waals surface area contributed by atoms with Crippen LogP contribution in [0.15, 0.2) is 24.3 Å². The lowest BCUT2D eigenvalue weighted by Gasteiger charge is -2.25. The SMILES string of the molecule is CCN(CCCCCNC1CC1)c1ccccc1C. The van der Waals surface area contributed by atoms with Gasteiger partial charge in [0.15, 0.2) is 0 Å². The minimum atomic E-state index is 0.860. The fourth-order valence-electron chi connectivity index (χ4n) is 2.57. The molecule has 0 aliphatic heterocycles. The third-order valence-electron chi connectivity index (χ3n) is 3.95. The normalized spacial score (nSPS) is 14.6. The smallest absolute Gasteiger partial charge is 0.0395 e. The van der Waals surface area contributed by atoms with Crippen molar-refractivity contribution in [2.24, 2.45) is 0 Å². The number of unbranched alkanes of at least 4 members (excludes halogenated alkanes) is 2. The number of para-hydroxylation sites is 1. The van der Waals surface area contributed by atoms with Crippen LogP contribution >= 0.6 is 0 Å². The van der Waals surface area contributed by atoms with Crippen molar-refractivity contribution < 1.29 is 0 Å². The first-order valence-electron chi connectivity index (χ1n) is 7.85. The summed E-state index contributed by atoms with van der Waals surface area (Å²) in [7, 11) is 0. The minimum absolute atomic E-state index is 0.860. The van der Waals surface area contributed by atoms with Crippen LogP contribution in [0.3, 0.4) is 0 Å². The number of aryl methyl sites for hydroxylation is 1. The molecule has 0 aromatic heterocycles. The number of nitrogens with zero attached hydrogens (tertiary/aromatic N) is 1. The predicted octanol–water partition coefficient (Wildman–Crippen LogP) is 3.74. The molecule has 0 spiro atoms. The van der Waals surface area contributed by atoms with Gasteiger partial charge in [-0.05, 0) is 57.7 Å². The molecule has 0 atom stereocenters. The lowest BCUT2D eigenvalue weighted by Crippen LogP contribution is -2.25. The highest BCUT2D eigenvalue weighted by Crippen LogP contribution is 2.20. The Hall–Kier alpha value is -1.02. The fourth-order valence-corrected chi connectivity index (χ4v) is 2.57. The van der Waals surface area contributed by atoms with Gasteiger partial charge >= 0.3 is 0 Å². The molecule has 0 heterocycles. The van der Waals surface area contributed by atoms with Crippen LogP contribution in [0.25, 0.3) is 0 Å². The van der Waals surface area contributed by atoms with Crippen LogP contribution in [-0.4, -0.2) is 25.7 Å². The van der Waals surface area contributed by atoms with Gasteiger partial charge in [-0.25, -0.2) is 0 Å². The molecule has 1 fully saturated rings. The van der Waals surface area contributed by atoms with Crippen molar-refractivity contribution in [2.75, 3.05) is 24.5 Å². The second-order valence-electron chi connectivity index (χ2n) is 5.66. The maximum Gasteiger partial charge on any atom is 0.0395 e. The van der Waals surface area contributed by atoms with Gasteiger partial charge in [0, 0.05) is 24.8 Å². The van der Waals surface area contributed by atoms with Gasteiger partial charge in [-0.2, -0.15) is 0 Å². The Labute approximate surface area is 118 Å². The molecule has 1 saturated carbocycles. The first-order chi connectivity index (χ1) is 9.31. The second kappa shape index (κ2) is 7.54. The van der Waals surface area contributed by atoms with Crippen molar-refractivity contribution in [1.29, 1.82) is 0 Å². The van der Waals surface area contributed by atoms with Gasteiger partial charge in [0.05, 0.1) is 0 Å². The maximum absolute atomic E-state index is 3.59. The van der Waals surface area contributed by atoms with Crippen LogP contribution in [0, 0.1) is 6.92 Å². The van der Waals surface area contributed by atoms with Crippen LogP contribution in [0.2, 0.25) is 0 Å². The summed E-state index contributed by atoms with van der Waals surface area (Å²) in [5.74, 6) is 0. The zero-order chi connectivity index (χ0) is 13.5. The number of hydrogen-bond donors (Lipinski definition) is 1. The Morgan fingerprint density at radius 1 is 1.16 bits per heavy atom. The van der Waals surface area contributed by atoms with E-state index in [1.54, 1.807) is 0 Å². The summed E-state index contributed by atoms with van der Waals surface area (Å²) >= 11 is 0. The zero-order valence-corrected chi connectivity index (χ0v) is 12.5. The maximum atomic E-state index is 3.59. The highest BCUT2D eigenvalue weighted by Gasteiger charge is 2.19. The zero-order valence-electron chi connectivity index (χ0n) is 12.5. The Morgan fingerprint density at radius 2 is 1.95 bits per heavy atom. The summed E-state index contributed by atoms with van der Waals surface area (Å²) in [5.41, 5.74) is 2.79. The molecule has 0 saturated heterocycles. The van der Waals surface area contributed by atoms with E-state index in [-0.39, 0.29) is 0 Å². The standard InChI is InChI=1S/C17H28N2/c1-3-19(17-10-6-5-9-15(17)2)14-8-4-7-13-18-16-11-12-16/h5-6,9-10,16,18H,3-4,7-8,11-14H2,1-2H3. The van der Waals surface area contributed by atoms with Gasteiger partial charge < -0.3 is 10.2 Å². The topological polar surface area (TPSA) is 15.3 Å². The lowest BCUT2D eigenvalue weighted by molar-refractivity contribution is 0.595. The van der Waals surface area contributed by atoms with Gasteiger partial charge in [0.1, 0.15) is 0 Å². The molecule has 106 valence electrons. The van der Waals surface area contributed by atoms with Gasteiger partial charge in [-0.3, -0.25) is 0 Å². The van der Waals surface area contributed by atoms with Crippen molar-refractivity contribution in [3.8, 4) is 0 Å². The van der Waals surface area contributed by atoms with Gasteiger partial charge in [0.25, 0.3) is 0 Å². The number of rotatable bonds is 9. The third-order valence-corrected chi connectivity index (χ3v) is 3.95. The summed E-state index contributed by atoms with van der Waals surface area (Å²) in [6.45, 7) is 7.95. The second-order valence-corrected chi connectivity index (χ2v) is 5.66. The van der Waals surface area contributed by atoms with Gasteiger partial charge in [-0.15, -0.1) is 0 Å². The largest absolute Gasteiger partial charge is 0.372 e. The molecular formula is C17H28N2. The number of anilines is 1. The molecule has 19 heavy (non-hydrogen) atoms. The van der Waals surface area contributed by atoms with Crippen LogP contribution in [0.4, 0.5) is 5.69 Å². The molecular weight excluding hydrogens is 232 g/mol. The molecule has 0 radical (unpaired) electrons. The minimum Gasteiger partial charge on any atom is -0.372 e. The molecule has 2 heteroatoms. The molecule has 0 bridgehead atoms. The van der Waals surface area contributed by atoms with Crippen LogP contribution in [0.5, 0.6) is 0 Å². The van der Waals surface area contributed by atoms with Crippen molar-refractivity contribution in [3.63, 3.8) is 0 Å². The van der Waals surface area contributed by atoms with E-state index in [0.717, 1.165) is 12.6 Å². The van der Waals surface area contributed by atoms with E-state index in [1.165, 1.54) is 56.4 Å². The molecule has 1 aliphatic rings. The molecule has 1 N–H and O–H groups in total. The van der Waals surface area contributed by atoms with Crippen LogP contribution in [0.1, 0.15) is 44.6 Å². The van der Waals surface area contributed by atoms with Gasteiger partial charge in [-0.1, -0.05) is 24.6 Å². The summed E-state index contributed by atoms with van der Waals surface area (Å²) < 4.78 is 0. The lowest BCUT2D eigenvalue weighted by atomic mass is 10.1. The van der Waals surface area contributed by atoms with E-state index in [1.807, 2.05) is 0 Å². The van der Waals surface area contributed by atoms with E-state index >= 15 is 0 Å². The predicted molar refractivity (Wildman–Crippen MR) is 83.9 cm³/mol. The molecule has 2 rings (SSSR count). The number of hydrogen-bond acceptors (Lipinski definition) is 2. The third kappa shape index (κ3) is 4.87. The van der Waals surface area contributed by atoms with Crippen molar-refractivity contribution in [1.82, 2.24) is 5.32 Å². The molecule has 1 aliphatic carbocycles. The average Bonchev–Trinajstić information content (AvgIpc) is 3.23. The van der Waals surface area contributed by atoms with E-state index in [0.29, 0.717) is 0 Å². The first-order valence-corrected chi connectivity index (χ1v) is 7.85. The molecule has 2 nitrogen and oxygen atoms in total. The monoisotopic (exact) mass is 260 g/mol. The van der Waals surface area contributed by atoms with E-state index in [2.05, 4.69) is 48.3 Å². The van der Waals surface area contributed by atoms with Crippen LogP contribution < -0.4 is 10.2 Å². The van der Waals surface area contributed by atoms with Crippen molar-refractivity contribution >= 4 is 5.69 Å². The van der Waals surface area contributed by atoms with Crippen molar-refractivity contribution in [3.05, 3.63) is 29.8 Å². The Balaban J connectivity index is 1.65. The molecule has 0 amide bonds. The Bertz CT molecular complexity index is 371. The van der Waals surface area contributed by atoms with E-state index < -0.39 is 0 Å². The van der Waals surface area contributed by atoms with Crippen LogP contribution in [-0.2, 0) is 0 Å². The summed E-state index contributed by atoms with van der Waals surface area (Å²) in [6, 6.07) is 9.57. The molecule has 1 aromatic carbocycles. The average molecular weight is 260 g/mol. The van der Waals surface area contributed by atoms with E-state index in [4.69, 9.17) is 0 Å². The first kappa shape index (κ1) is 14.4. The van der Waals surface area contributed by atoms with Crippen molar-refractivity contribution in [2.45, 2.75) is 52.0 Å². The molecule has 0 unspecified atom stereocenters. The Morgan fingerprint density at radius 3 is 2.63 bits per heavy atom. The van der Waals surface area contributed by atoms with E-state index in [9.17, 15) is 0 Å².